The Bertz CT molecular complexity index is 791. The van der Waals surface area contributed by atoms with Gasteiger partial charge in [0.05, 0.1) is 0 Å². The maximum Gasteiger partial charge on any atom is 0.123 e. The highest BCUT2D eigenvalue weighted by atomic mass is 16.3. The van der Waals surface area contributed by atoms with Crippen LogP contribution in [0, 0.1) is 13.8 Å². The number of phenolic OH excluding ortho intramolecular Hbond substituents is 1. The van der Waals surface area contributed by atoms with E-state index in [9.17, 15) is 5.11 Å². The molecule has 0 fully saturated rings. The zero-order chi connectivity index (χ0) is 14.8. The van der Waals surface area contributed by atoms with Crippen LogP contribution in [0.25, 0.3) is 10.8 Å². The lowest BCUT2D eigenvalue weighted by molar-refractivity contribution is 0.467. The lowest BCUT2D eigenvalue weighted by atomic mass is 10.1. The number of rotatable bonds is 3. The predicted octanol–water partition coefficient (Wildman–Crippen LogP) is 4.17. The van der Waals surface area contributed by atoms with Gasteiger partial charge < -0.3 is 10.4 Å². The fourth-order valence-corrected chi connectivity index (χ4v) is 2.56. The first-order valence-corrected chi connectivity index (χ1v) is 7.01. The van der Waals surface area contributed by atoms with Gasteiger partial charge in [0.1, 0.15) is 5.75 Å². The van der Waals surface area contributed by atoms with E-state index >= 15 is 0 Å². The Balaban J connectivity index is 1.89. The molecule has 0 amide bonds. The molecule has 0 saturated carbocycles. The topological polar surface area (TPSA) is 45.2 Å². The van der Waals surface area contributed by atoms with Gasteiger partial charge in [-0.15, -0.1) is 0 Å². The van der Waals surface area contributed by atoms with E-state index in [4.69, 9.17) is 0 Å². The molecule has 2 aromatic carbocycles. The second-order valence-electron chi connectivity index (χ2n) is 5.27. The van der Waals surface area contributed by atoms with Crippen LogP contribution < -0.4 is 5.32 Å². The van der Waals surface area contributed by atoms with Gasteiger partial charge in [0, 0.05) is 35.6 Å². The number of nitrogens with one attached hydrogen (secondary N) is 1. The van der Waals surface area contributed by atoms with Gasteiger partial charge in [-0.3, -0.25) is 4.98 Å². The maximum absolute atomic E-state index is 10.0. The normalized spacial score (nSPS) is 10.8. The highest BCUT2D eigenvalue weighted by molar-refractivity contribution is 5.85. The van der Waals surface area contributed by atoms with E-state index in [1.165, 1.54) is 10.9 Å². The number of aromatic nitrogens is 1. The Hall–Kier alpha value is -2.55. The smallest absolute Gasteiger partial charge is 0.123 e. The Morgan fingerprint density at radius 3 is 2.81 bits per heavy atom. The highest BCUT2D eigenvalue weighted by Crippen LogP contribution is 2.28. The van der Waals surface area contributed by atoms with Crippen molar-refractivity contribution in [3.8, 4) is 5.75 Å². The van der Waals surface area contributed by atoms with Crippen LogP contribution in [0.2, 0.25) is 0 Å². The molecule has 0 aliphatic carbocycles. The van der Waals surface area contributed by atoms with Crippen molar-refractivity contribution in [2.24, 2.45) is 0 Å². The van der Waals surface area contributed by atoms with Gasteiger partial charge in [-0.2, -0.15) is 0 Å². The van der Waals surface area contributed by atoms with E-state index in [0.717, 1.165) is 22.2 Å². The summed E-state index contributed by atoms with van der Waals surface area (Å²) in [5.41, 5.74) is 3.96. The van der Waals surface area contributed by atoms with Gasteiger partial charge in [-0.1, -0.05) is 24.3 Å². The van der Waals surface area contributed by atoms with Crippen molar-refractivity contribution in [2.75, 3.05) is 5.32 Å². The van der Waals surface area contributed by atoms with Crippen LogP contribution in [0.15, 0.2) is 48.8 Å². The quantitative estimate of drug-likeness (QED) is 0.755. The lowest BCUT2D eigenvalue weighted by Gasteiger charge is -2.13. The average Bonchev–Trinajstić information content (AvgIpc) is 2.52. The number of hydrogen-bond acceptors (Lipinski definition) is 3. The highest BCUT2D eigenvalue weighted by Gasteiger charge is 2.06. The zero-order valence-electron chi connectivity index (χ0n) is 12.2. The summed E-state index contributed by atoms with van der Waals surface area (Å²) in [6, 6.07) is 12.2. The number of anilines is 1. The number of hydrogen-bond donors (Lipinski definition) is 2. The third-order valence-electron chi connectivity index (χ3n) is 3.87. The van der Waals surface area contributed by atoms with Crippen LogP contribution in [0.3, 0.4) is 0 Å². The Morgan fingerprint density at radius 2 is 1.95 bits per heavy atom. The summed E-state index contributed by atoms with van der Waals surface area (Å²) < 4.78 is 0. The van der Waals surface area contributed by atoms with Crippen molar-refractivity contribution in [2.45, 2.75) is 20.4 Å². The summed E-state index contributed by atoms with van der Waals surface area (Å²) in [4.78, 5) is 4.15. The van der Waals surface area contributed by atoms with Gasteiger partial charge in [0.15, 0.2) is 0 Å². The maximum atomic E-state index is 10.0. The Labute approximate surface area is 124 Å². The van der Waals surface area contributed by atoms with Crippen LogP contribution in [0.5, 0.6) is 5.75 Å². The standard InChI is InChI=1S/C18H18N2O/c1-12-6-7-17(13(2)18(12)21)20-11-15-5-3-4-14-10-19-9-8-16(14)15/h3-10,20-21H,11H2,1-2H3. The molecule has 0 unspecified atom stereocenters. The van der Waals surface area contributed by atoms with Crippen molar-refractivity contribution in [1.82, 2.24) is 4.98 Å². The minimum atomic E-state index is 0.363. The van der Waals surface area contributed by atoms with Gasteiger partial charge in [-0.05, 0) is 42.5 Å². The molecule has 3 nitrogen and oxygen atoms in total. The number of aryl methyl sites for hydroxylation is 1. The minimum absolute atomic E-state index is 0.363. The van der Waals surface area contributed by atoms with E-state index in [1.54, 1.807) is 0 Å². The number of nitrogens with zero attached hydrogens (tertiary/aromatic N) is 1. The molecule has 3 heteroatoms. The first kappa shape index (κ1) is 13.4. The predicted molar refractivity (Wildman–Crippen MR) is 86.7 cm³/mol. The van der Waals surface area contributed by atoms with Gasteiger partial charge in [0.25, 0.3) is 0 Å². The molecule has 0 atom stereocenters. The van der Waals surface area contributed by atoms with Gasteiger partial charge >= 0.3 is 0 Å². The molecule has 1 aromatic heterocycles. The summed E-state index contributed by atoms with van der Waals surface area (Å²) in [5, 5.41) is 15.8. The SMILES string of the molecule is Cc1ccc(NCc2cccc3cnccc23)c(C)c1O. The minimum Gasteiger partial charge on any atom is -0.507 e. The van der Waals surface area contributed by atoms with E-state index in [-0.39, 0.29) is 0 Å². The van der Waals surface area contributed by atoms with Crippen LogP contribution >= 0.6 is 0 Å². The van der Waals surface area contributed by atoms with Crippen LogP contribution in [-0.2, 0) is 6.54 Å². The molecule has 0 bridgehead atoms. The summed E-state index contributed by atoms with van der Waals surface area (Å²) in [5.74, 6) is 0.363. The Kier molecular flexibility index (Phi) is 3.48. The number of fused-ring (bicyclic) bond motifs is 1. The monoisotopic (exact) mass is 278 g/mol. The first-order chi connectivity index (χ1) is 10.2. The summed E-state index contributed by atoms with van der Waals surface area (Å²) in [6.07, 6.45) is 3.69. The molecule has 0 saturated heterocycles. The number of phenols is 1. The molecule has 2 N–H and O–H groups in total. The average molecular weight is 278 g/mol. The van der Waals surface area contributed by atoms with E-state index in [1.807, 2.05) is 50.5 Å². The van der Waals surface area contributed by atoms with Crippen molar-refractivity contribution in [1.29, 1.82) is 0 Å². The van der Waals surface area contributed by atoms with Crippen LogP contribution in [-0.4, -0.2) is 10.1 Å². The summed E-state index contributed by atoms with van der Waals surface area (Å²) in [6.45, 7) is 4.55. The molecule has 21 heavy (non-hydrogen) atoms. The van der Waals surface area contributed by atoms with Crippen LogP contribution in [0.4, 0.5) is 5.69 Å². The van der Waals surface area contributed by atoms with Gasteiger partial charge in [-0.25, -0.2) is 0 Å². The van der Waals surface area contributed by atoms with Crippen molar-refractivity contribution < 1.29 is 5.11 Å². The summed E-state index contributed by atoms with van der Waals surface area (Å²) in [7, 11) is 0. The molecule has 0 radical (unpaired) electrons. The number of pyridine rings is 1. The number of aromatic hydroxyl groups is 1. The molecule has 106 valence electrons. The van der Waals surface area contributed by atoms with Crippen molar-refractivity contribution in [3.63, 3.8) is 0 Å². The molecular formula is C18H18N2O. The molecule has 3 rings (SSSR count). The molecule has 3 aromatic rings. The third-order valence-corrected chi connectivity index (χ3v) is 3.87. The lowest BCUT2D eigenvalue weighted by Crippen LogP contribution is -2.02. The number of benzene rings is 2. The van der Waals surface area contributed by atoms with E-state index in [2.05, 4.69) is 22.4 Å². The van der Waals surface area contributed by atoms with Crippen molar-refractivity contribution >= 4 is 16.5 Å². The van der Waals surface area contributed by atoms with E-state index in [0.29, 0.717) is 12.3 Å². The third kappa shape index (κ3) is 2.55. The van der Waals surface area contributed by atoms with Crippen molar-refractivity contribution in [3.05, 3.63) is 65.5 Å². The summed E-state index contributed by atoms with van der Waals surface area (Å²) >= 11 is 0. The largest absolute Gasteiger partial charge is 0.507 e. The fraction of sp³-hybridized carbons (Fsp3) is 0.167. The zero-order valence-corrected chi connectivity index (χ0v) is 12.2. The second kappa shape index (κ2) is 5.44. The molecule has 0 aliphatic heterocycles. The van der Waals surface area contributed by atoms with Crippen LogP contribution in [0.1, 0.15) is 16.7 Å². The fourth-order valence-electron chi connectivity index (χ4n) is 2.56. The first-order valence-electron chi connectivity index (χ1n) is 7.01. The Morgan fingerprint density at radius 1 is 1.10 bits per heavy atom. The van der Waals surface area contributed by atoms with Gasteiger partial charge in [0.2, 0.25) is 0 Å². The molecule has 0 spiro atoms. The second-order valence-corrected chi connectivity index (χ2v) is 5.27. The molecule has 0 aliphatic rings. The molecular weight excluding hydrogens is 260 g/mol. The van der Waals surface area contributed by atoms with E-state index < -0.39 is 0 Å². The molecule has 1 heterocycles.